The maximum Gasteiger partial charge on any atom is 0.262 e. The molecule has 0 aromatic heterocycles. The van der Waals surface area contributed by atoms with Gasteiger partial charge in [-0.25, -0.2) is 0 Å². The zero-order chi connectivity index (χ0) is 11.1. The van der Waals surface area contributed by atoms with Crippen molar-refractivity contribution in [1.82, 2.24) is 4.90 Å². The fraction of sp³-hybridized carbons (Fsp3) is 1.00. The summed E-state index contributed by atoms with van der Waals surface area (Å²) in [5.41, 5.74) is 0. The summed E-state index contributed by atoms with van der Waals surface area (Å²) < 4.78 is 0. The summed E-state index contributed by atoms with van der Waals surface area (Å²) >= 11 is -0.372. The summed E-state index contributed by atoms with van der Waals surface area (Å²) in [6.07, 6.45) is 0. The summed E-state index contributed by atoms with van der Waals surface area (Å²) in [4.78, 5) is 2.63. The van der Waals surface area contributed by atoms with E-state index in [-0.39, 0.29) is 14.1 Å². The van der Waals surface area contributed by atoms with Crippen LogP contribution in [0, 0.1) is 0 Å². The van der Waals surface area contributed by atoms with Crippen molar-refractivity contribution in [1.29, 1.82) is 0 Å². The van der Waals surface area contributed by atoms with Crippen LogP contribution < -0.4 is 0 Å². The number of hydrogen-bond donors (Lipinski definition) is 0. The molecule has 2 heteroatoms. The van der Waals surface area contributed by atoms with Crippen LogP contribution >= 0.6 is 0 Å². The molecule has 0 fully saturated rings. The fourth-order valence-electron chi connectivity index (χ4n) is 2.14. The number of hydrogen-bond acceptors (Lipinski definition) is 1. The highest BCUT2D eigenvalue weighted by atomic mass is 27.2. The largest absolute Gasteiger partial charge is 0.300 e. The van der Waals surface area contributed by atoms with E-state index in [0.717, 1.165) is 0 Å². The van der Waals surface area contributed by atoms with Gasteiger partial charge in [-0.2, -0.15) is 0 Å². The van der Waals surface area contributed by atoms with Crippen molar-refractivity contribution in [2.75, 3.05) is 6.54 Å². The maximum absolute atomic E-state index is 2.63. The predicted molar refractivity (Wildman–Crippen MR) is 68.5 cm³/mol. The van der Waals surface area contributed by atoms with E-state index >= 15 is 0 Å². The fourth-order valence-corrected chi connectivity index (χ4v) is 4.20. The van der Waals surface area contributed by atoms with Crippen molar-refractivity contribution < 1.29 is 0 Å². The Morgan fingerprint density at radius 2 is 1.36 bits per heavy atom. The van der Waals surface area contributed by atoms with Crippen molar-refractivity contribution in [3.63, 3.8) is 0 Å². The molecule has 0 aliphatic heterocycles. The SMILES string of the molecule is C[CH2][Al]([CH2]C)[CH2]CN(C(C)C)C(C)C. The topological polar surface area (TPSA) is 3.24 Å². The van der Waals surface area contributed by atoms with Crippen LogP contribution in [0.15, 0.2) is 0 Å². The molecular weight excluding hydrogens is 185 g/mol. The van der Waals surface area contributed by atoms with E-state index in [9.17, 15) is 0 Å². The molecule has 0 radical (unpaired) electrons. The van der Waals surface area contributed by atoms with E-state index < -0.39 is 0 Å². The molecule has 0 atom stereocenters. The van der Waals surface area contributed by atoms with Crippen LogP contribution in [-0.4, -0.2) is 37.7 Å². The van der Waals surface area contributed by atoms with Gasteiger partial charge in [-0.15, -0.1) is 0 Å². The van der Waals surface area contributed by atoms with Crippen molar-refractivity contribution in [3.8, 4) is 0 Å². The Morgan fingerprint density at radius 1 is 0.929 bits per heavy atom. The van der Waals surface area contributed by atoms with Gasteiger partial charge >= 0.3 is 0 Å². The van der Waals surface area contributed by atoms with Crippen molar-refractivity contribution in [3.05, 3.63) is 0 Å². The maximum atomic E-state index is 2.63. The molecule has 84 valence electrons. The minimum absolute atomic E-state index is 0.372. The average molecular weight is 213 g/mol. The summed E-state index contributed by atoms with van der Waals surface area (Å²) in [5, 5.41) is 4.45. The third-order valence-corrected chi connectivity index (χ3v) is 6.66. The molecule has 0 aromatic carbocycles. The van der Waals surface area contributed by atoms with Gasteiger partial charge in [0.25, 0.3) is 14.1 Å². The van der Waals surface area contributed by atoms with Gasteiger partial charge in [-0.1, -0.05) is 29.7 Å². The molecule has 0 rings (SSSR count). The van der Waals surface area contributed by atoms with Crippen molar-refractivity contribution in [2.24, 2.45) is 0 Å². The molecule has 0 bridgehead atoms. The highest BCUT2D eigenvalue weighted by molar-refractivity contribution is 6.58. The number of nitrogens with zero attached hydrogens (tertiary/aromatic N) is 1. The van der Waals surface area contributed by atoms with Gasteiger partial charge in [0.15, 0.2) is 0 Å². The van der Waals surface area contributed by atoms with Gasteiger partial charge in [-0.05, 0) is 34.2 Å². The molecule has 0 heterocycles. The van der Waals surface area contributed by atoms with Gasteiger partial charge in [-0.3, -0.25) is 4.90 Å². The van der Waals surface area contributed by atoms with E-state index in [0.29, 0.717) is 12.1 Å². The monoisotopic (exact) mass is 213 g/mol. The lowest BCUT2D eigenvalue weighted by Crippen LogP contribution is -2.38. The zero-order valence-electron chi connectivity index (χ0n) is 11.0. The van der Waals surface area contributed by atoms with Crippen LogP contribution in [0.5, 0.6) is 0 Å². The Bertz CT molecular complexity index is 122. The zero-order valence-corrected chi connectivity index (χ0v) is 12.2. The lowest BCUT2D eigenvalue weighted by molar-refractivity contribution is 0.185. The van der Waals surface area contributed by atoms with Gasteiger partial charge < -0.3 is 0 Å². The first-order chi connectivity index (χ1) is 6.52. The Morgan fingerprint density at radius 3 is 1.64 bits per heavy atom. The molecule has 0 N–H and O–H groups in total. The molecule has 0 saturated heterocycles. The average Bonchev–Trinajstić information content (AvgIpc) is 2.11. The highest BCUT2D eigenvalue weighted by Crippen LogP contribution is 2.10. The Labute approximate surface area is 95.3 Å². The molecular formula is C12H28AlN. The van der Waals surface area contributed by atoms with Crippen molar-refractivity contribution >= 4 is 14.1 Å². The summed E-state index contributed by atoms with van der Waals surface area (Å²) in [6.45, 7) is 15.3. The summed E-state index contributed by atoms with van der Waals surface area (Å²) in [6, 6.07) is 1.41. The summed E-state index contributed by atoms with van der Waals surface area (Å²) in [5.74, 6) is 0. The standard InChI is InChI=1S/C8H18N.2C2H5.Al/c1-6-9(7(2)3)8(4)5;2*1-2;/h7-8H,1,6H2,2-5H3;2*1H2,2H3;. The second-order valence-electron chi connectivity index (χ2n) is 4.90. The minimum Gasteiger partial charge on any atom is -0.300 e. The summed E-state index contributed by atoms with van der Waals surface area (Å²) in [7, 11) is 0. The van der Waals surface area contributed by atoms with Crippen LogP contribution in [0.1, 0.15) is 41.5 Å². The van der Waals surface area contributed by atoms with E-state index in [2.05, 4.69) is 46.4 Å². The number of rotatable bonds is 7. The first kappa shape index (κ1) is 14.5. The Balaban J connectivity index is 3.92. The quantitative estimate of drug-likeness (QED) is 0.584. The molecule has 14 heavy (non-hydrogen) atoms. The molecule has 0 spiro atoms. The van der Waals surface area contributed by atoms with Gasteiger partial charge in [0.1, 0.15) is 0 Å². The predicted octanol–water partition coefficient (Wildman–Crippen LogP) is 3.64. The van der Waals surface area contributed by atoms with E-state index in [1.807, 2.05) is 0 Å². The van der Waals surface area contributed by atoms with Crippen LogP contribution in [-0.2, 0) is 0 Å². The van der Waals surface area contributed by atoms with E-state index in [4.69, 9.17) is 0 Å². The van der Waals surface area contributed by atoms with E-state index in [1.54, 1.807) is 0 Å². The third-order valence-electron chi connectivity index (χ3n) is 3.28. The van der Waals surface area contributed by atoms with Gasteiger partial charge in [0.05, 0.1) is 0 Å². The second-order valence-corrected chi connectivity index (χ2v) is 8.84. The van der Waals surface area contributed by atoms with Crippen molar-refractivity contribution in [2.45, 2.75) is 69.5 Å². The van der Waals surface area contributed by atoms with Crippen LogP contribution in [0.25, 0.3) is 0 Å². The smallest absolute Gasteiger partial charge is 0.262 e. The second kappa shape index (κ2) is 7.74. The molecule has 0 aliphatic rings. The van der Waals surface area contributed by atoms with Crippen LogP contribution in [0.4, 0.5) is 0 Å². The first-order valence-corrected chi connectivity index (χ1v) is 8.73. The Hall–Kier alpha value is 0.492. The third kappa shape index (κ3) is 5.39. The molecule has 0 aliphatic carbocycles. The van der Waals surface area contributed by atoms with Crippen LogP contribution in [0.3, 0.4) is 0 Å². The lowest BCUT2D eigenvalue weighted by atomic mass is 10.2. The molecule has 0 saturated carbocycles. The highest BCUT2D eigenvalue weighted by Gasteiger charge is 2.17. The molecule has 0 amide bonds. The molecule has 0 aromatic rings. The minimum atomic E-state index is -0.372. The van der Waals surface area contributed by atoms with Gasteiger partial charge in [0.2, 0.25) is 0 Å². The normalized spacial score (nSPS) is 11.8. The molecule has 1 nitrogen and oxygen atoms in total. The Kier molecular flexibility index (Phi) is 8.01. The van der Waals surface area contributed by atoms with E-state index in [1.165, 1.54) is 22.4 Å². The lowest BCUT2D eigenvalue weighted by Gasteiger charge is -2.31. The van der Waals surface area contributed by atoms with Crippen LogP contribution in [0.2, 0.25) is 15.8 Å². The first-order valence-electron chi connectivity index (χ1n) is 6.28. The molecule has 0 unspecified atom stereocenters. The van der Waals surface area contributed by atoms with Gasteiger partial charge in [0, 0.05) is 12.1 Å².